The van der Waals surface area contributed by atoms with Crippen LogP contribution < -0.4 is 0 Å². The van der Waals surface area contributed by atoms with Crippen molar-refractivity contribution in [3.05, 3.63) is 320 Å². The number of hydrogen-bond donors (Lipinski definition) is 0. The summed E-state index contributed by atoms with van der Waals surface area (Å²) in [5.41, 5.74) is 11.6. The molecule has 4 heterocycles. The predicted molar refractivity (Wildman–Crippen MR) is 396 cm³/mol. The molecule has 4 aromatic heterocycles. The summed E-state index contributed by atoms with van der Waals surface area (Å²) in [5.74, 6) is 1.17. The highest BCUT2D eigenvalue weighted by atomic mass is 15.0. The number of pyridine rings is 1. The summed E-state index contributed by atoms with van der Waals surface area (Å²) in [7, 11) is 0. The molecule has 0 saturated heterocycles. The second-order valence-corrected chi connectivity index (χ2v) is 23.7. The van der Waals surface area contributed by atoms with E-state index in [1.807, 2.05) is 168 Å². The third-order valence-corrected chi connectivity index (χ3v) is 18.1. The Kier molecular flexibility index (Phi) is 15.7. The fourth-order valence-corrected chi connectivity index (χ4v) is 13.6. The van der Waals surface area contributed by atoms with Gasteiger partial charge in [0.15, 0.2) is 51.6 Å². The van der Waals surface area contributed by atoms with Gasteiger partial charge in [-0.2, -0.15) is 31.6 Å². The average molecular weight is 1320 g/mol. The van der Waals surface area contributed by atoms with E-state index in [2.05, 4.69) is 70.1 Å². The molecule has 18 heteroatoms. The first-order chi connectivity index (χ1) is 51.0. The van der Waals surface area contributed by atoms with E-state index in [0.717, 1.165) is 11.1 Å². The zero-order valence-electron chi connectivity index (χ0n) is 53.8. The van der Waals surface area contributed by atoms with Crippen LogP contribution >= 0.6 is 0 Å². The molecule has 15 rings (SSSR count). The molecule has 0 N–H and O–H groups in total. The van der Waals surface area contributed by atoms with E-state index in [9.17, 15) is 31.6 Å². The highest BCUT2D eigenvalue weighted by molar-refractivity contribution is 6.15. The van der Waals surface area contributed by atoms with Gasteiger partial charge in [-0.25, -0.2) is 44.0 Å². The lowest BCUT2D eigenvalue weighted by molar-refractivity contribution is 1.07. The molecule has 18 nitrogen and oxygen atoms in total. The standard InChI is InChI=1S/C86H36N18/c1-93-62-33-59(46-90)80(60(34-62)47-91)53-17-24-77-67(36-53)68-38-55(82-61(48-92)35-63(94-2)41-74(82)98-6)19-25-78(68)104(77)79-26-21-57(86-101-84(51-13-9-7-10-14-51)100-85(102-86)52-15-11-8-12-16-52)40-69(79)70-42-64(27-28-99-70)103-75-22-18-54(81-58(45-89)29-49(43-87)30-71(81)95-3)37-65(75)66-39-56(20-23-76(66)103)83-72(96-4)31-50(44-88)32-73(83)97-5/h7-42H. The fraction of sp³-hybridized carbons (Fsp3) is 0. The summed E-state index contributed by atoms with van der Waals surface area (Å²) >= 11 is 0. The van der Waals surface area contributed by atoms with Crippen molar-refractivity contribution in [1.29, 1.82) is 31.6 Å². The molecule has 0 aliphatic heterocycles. The Bertz CT molecular complexity index is 6390. The molecule has 0 atom stereocenters. The lowest BCUT2D eigenvalue weighted by atomic mass is 9.93. The monoisotopic (exact) mass is 1320 g/mol. The maximum atomic E-state index is 10.6. The van der Waals surface area contributed by atoms with Gasteiger partial charge in [0, 0.05) is 89.1 Å². The molecule has 0 bridgehead atoms. The van der Waals surface area contributed by atoms with Crippen LogP contribution in [0.2, 0.25) is 0 Å². The summed E-state index contributed by atoms with van der Waals surface area (Å²) < 4.78 is 4.10. The summed E-state index contributed by atoms with van der Waals surface area (Å²) in [4.78, 5) is 42.8. The van der Waals surface area contributed by atoms with Crippen LogP contribution in [0.5, 0.6) is 0 Å². The summed E-state index contributed by atoms with van der Waals surface area (Å²) in [5, 5.41) is 64.9. The largest absolute Gasteiger partial charge is 0.309 e. The molecule has 104 heavy (non-hydrogen) atoms. The van der Waals surface area contributed by atoms with Crippen molar-refractivity contribution in [3.8, 4) is 138 Å². The van der Waals surface area contributed by atoms with E-state index >= 15 is 0 Å². The van der Waals surface area contributed by atoms with Crippen molar-refractivity contribution < 1.29 is 0 Å². The summed E-state index contributed by atoms with van der Waals surface area (Å²) in [6, 6.07) is 75.6. The van der Waals surface area contributed by atoms with Gasteiger partial charge in [0.25, 0.3) is 0 Å². The molecule has 0 saturated carbocycles. The number of fused-ring (bicyclic) bond motifs is 6. The smallest absolute Gasteiger partial charge is 0.197 e. The van der Waals surface area contributed by atoms with Gasteiger partial charge in [0.05, 0.1) is 126 Å². The molecule has 0 unspecified atom stereocenters. The van der Waals surface area contributed by atoms with Crippen molar-refractivity contribution in [2.75, 3.05) is 0 Å². The van der Waals surface area contributed by atoms with Crippen LogP contribution in [-0.2, 0) is 0 Å². The average Bonchev–Trinajstić information content (AvgIpc) is 1.57. The van der Waals surface area contributed by atoms with E-state index < -0.39 is 0 Å². The minimum atomic E-state index is 0.0941. The van der Waals surface area contributed by atoms with E-state index in [4.69, 9.17) is 59.4 Å². The fourth-order valence-electron chi connectivity index (χ4n) is 13.6. The van der Waals surface area contributed by atoms with Gasteiger partial charge in [0.2, 0.25) is 0 Å². The molecular formula is C86H36N18. The second kappa shape index (κ2) is 25.9. The Morgan fingerprint density at radius 2 is 0.692 bits per heavy atom. The first-order valence-electron chi connectivity index (χ1n) is 31.5. The zero-order valence-corrected chi connectivity index (χ0v) is 53.8. The highest BCUT2D eigenvalue weighted by Crippen LogP contribution is 2.48. The quantitative estimate of drug-likeness (QED) is 0.118. The summed E-state index contributed by atoms with van der Waals surface area (Å²) in [6.07, 6.45) is 1.69. The Hall–Kier alpha value is -16.9. The zero-order chi connectivity index (χ0) is 71.9. The lowest BCUT2D eigenvalue weighted by Crippen LogP contribution is -2.03. The summed E-state index contributed by atoms with van der Waals surface area (Å²) in [6.45, 7) is 48.5. The Balaban J connectivity index is 1.02. The Morgan fingerprint density at radius 1 is 0.308 bits per heavy atom. The number of benzene rings is 11. The molecule has 0 spiro atoms. The molecular weight excluding hydrogens is 1290 g/mol. The SMILES string of the molecule is [C-]#[N+]c1cc(C#N)c(-c2ccc3c(c2)c2cc(-c4c(C#N)cc([N+]#[C-])cc4[N+]#[C-])ccc2n3-c2ccc(-c3nc(-c4ccccc4)nc(-c4ccccc4)n3)cc2-c2cc(-n3c4ccc(-c5c(C#N)cc(C#N)cc5[N+]#[C-])cc4c4cc(-c5c([N+]#[C-])cc(C#N)cc5[N+]#[C-])ccc43)ccn2)c(C#N)c1. The van der Waals surface area contributed by atoms with Crippen LogP contribution in [0.4, 0.5) is 34.1 Å². The molecule has 0 radical (unpaired) electrons. The number of nitrogens with zero attached hydrogens (tertiary/aromatic N) is 18. The molecule has 0 aliphatic carbocycles. The van der Waals surface area contributed by atoms with Crippen molar-refractivity contribution in [3.63, 3.8) is 0 Å². The molecule has 15 aromatic rings. The van der Waals surface area contributed by atoms with Gasteiger partial charge >= 0.3 is 0 Å². The number of hydrogen-bond acceptors (Lipinski definition) is 10. The van der Waals surface area contributed by atoms with Crippen LogP contribution in [0.3, 0.4) is 0 Å². The van der Waals surface area contributed by atoms with Gasteiger partial charge in [-0.05, 0) is 149 Å². The maximum absolute atomic E-state index is 10.6. The van der Waals surface area contributed by atoms with Gasteiger partial charge in [-0.3, -0.25) is 4.98 Å². The molecule has 0 amide bonds. The minimum absolute atomic E-state index is 0.0941. The predicted octanol–water partition coefficient (Wildman–Crippen LogP) is 21.3. The third-order valence-electron chi connectivity index (χ3n) is 18.1. The van der Waals surface area contributed by atoms with E-state index in [0.29, 0.717) is 134 Å². The topological polar surface area (TPSA) is 230 Å². The van der Waals surface area contributed by atoms with Crippen molar-refractivity contribution in [2.45, 2.75) is 0 Å². The van der Waals surface area contributed by atoms with Crippen LogP contribution in [0, 0.1) is 107 Å². The second-order valence-electron chi connectivity index (χ2n) is 23.7. The first-order valence-corrected chi connectivity index (χ1v) is 31.5. The van der Waals surface area contributed by atoms with E-state index in [1.165, 1.54) is 48.5 Å². The van der Waals surface area contributed by atoms with Crippen molar-refractivity contribution in [1.82, 2.24) is 29.1 Å². The maximum Gasteiger partial charge on any atom is 0.197 e. The lowest BCUT2D eigenvalue weighted by Gasteiger charge is -2.17. The van der Waals surface area contributed by atoms with Gasteiger partial charge < -0.3 is 9.13 Å². The third kappa shape index (κ3) is 10.6. The van der Waals surface area contributed by atoms with E-state index in [-0.39, 0.29) is 67.5 Å². The van der Waals surface area contributed by atoms with Crippen molar-refractivity contribution >= 4 is 77.7 Å². The van der Waals surface area contributed by atoms with Crippen LogP contribution in [-0.4, -0.2) is 29.1 Å². The van der Waals surface area contributed by atoms with Crippen molar-refractivity contribution in [2.24, 2.45) is 0 Å². The minimum Gasteiger partial charge on any atom is -0.309 e. The highest BCUT2D eigenvalue weighted by Gasteiger charge is 2.26. The number of nitriles is 6. The molecule has 0 aliphatic rings. The normalized spacial score (nSPS) is 10.6. The molecule has 0 fully saturated rings. The van der Waals surface area contributed by atoms with Gasteiger partial charge in [-0.15, -0.1) is 0 Å². The van der Waals surface area contributed by atoms with Crippen LogP contribution in [0.1, 0.15) is 33.4 Å². The van der Waals surface area contributed by atoms with Crippen LogP contribution in [0.15, 0.2) is 219 Å². The Morgan fingerprint density at radius 3 is 1.14 bits per heavy atom. The van der Waals surface area contributed by atoms with Crippen LogP contribution in [0.25, 0.3) is 174 Å². The number of rotatable bonds is 10. The Labute approximate surface area is 593 Å². The molecule has 470 valence electrons. The van der Waals surface area contributed by atoms with Gasteiger partial charge in [-0.1, -0.05) is 91.0 Å². The van der Waals surface area contributed by atoms with E-state index in [1.54, 1.807) is 6.20 Å². The van der Waals surface area contributed by atoms with Gasteiger partial charge in [0.1, 0.15) is 0 Å². The molecule has 11 aromatic carbocycles. The number of aromatic nitrogens is 6. The first kappa shape index (κ1) is 63.1.